The molecule has 1 N–H and O–H groups in total. The van der Waals surface area contributed by atoms with Crippen molar-refractivity contribution in [3.63, 3.8) is 0 Å². The van der Waals surface area contributed by atoms with Gasteiger partial charge in [-0.05, 0) is 31.4 Å². The number of nitrogens with one attached hydrogen (secondary N) is 1. The predicted molar refractivity (Wildman–Crippen MR) is 73.1 cm³/mol. The maximum Gasteiger partial charge on any atom is 0.338 e. The van der Waals surface area contributed by atoms with Gasteiger partial charge in [0.05, 0.1) is 18.8 Å². The van der Waals surface area contributed by atoms with Gasteiger partial charge in [0.25, 0.3) is 0 Å². The van der Waals surface area contributed by atoms with Crippen LogP contribution in [-0.4, -0.2) is 31.8 Å². The molecule has 104 valence electrons. The number of hydrogen-bond donors (Lipinski definition) is 1. The average molecular weight is 263 g/mol. The minimum absolute atomic E-state index is 0.279. The fourth-order valence-electron chi connectivity index (χ4n) is 2.34. The maximum atomic E-state index is 11.6. The average Bonchev–Trinajstić information content (AvgIpc) is 2.40. The van der Waals surface area contributed by atoms with Crippen LogP contribution in [0.4, 0.5) is 0 Å². The second-order valence-electron chi connectivity index (χ2n) is 4.78. The number of esters is 1. The molecule has 4 nitrogen and oxygen atoms in total. The van der Waals surface area contributed by atoms with Gasteiger partial charge in [0.1, 0.15) is 0 Å². The lowest BCUT2D eigenvalue weighted by Crippen LogP contribution is -2.45. The van der Waals surface area contributed by atoms with E-state index in [-0.39, 0.29) is 5.97 Å². The summed E-state index contributed by atoms with van der Waals surface area (Å²) in [5, 5.41) is 3.46. The summed E-state index contributed by atoms with van der Waals surface area (Å²) < 4.78 is 10.3. The van der Waals surface area contributed by atoms with E-state index in [1.807, 2.05) is 25.1 Å². The summed E-state index contributed by atoms with van der Waals surface area (Å²) in [5.74, 6) is -0.279. The van der Waals surface area contributed by atoms with E-state index in [4.69, 9.17) is 9.47 Å². The maximum absolute atomic E-state index is 11.6. The van der Waals surface area contributed by atoms with Crippen molar-refractivity contribution in [2.75, 3.05) is 13.7 Å². The molecule has 19 heavy (non-hydrogen) atoms. The molecule has 1 aliphatic rings. The van der Waals surface area contributed by atoms with Crippen LogP contribution in [0.2, 0.25) is 0 Å². The molecule has 0 heterocycles. The van der Waals surface area contributed by atoms with Crippen molar-refractivity contribution in [3.8, 4) is 0 Å². The van der Waals surface area contributed by atoms with Crippen molar-refractivity contribution in [2.24, 2.45) is 0 Å². The van der Waals surface area contributed by atoms with Crippen molar-refractivity contribution >= 4 is 5.97 Å². The Balaban J connectivity index is 1.85. The van der Waals surface area contributed by atoms with Gasteiger partial charge in [-0.2, -0.15) is 0 Å². The zero-order valence-corrected chi connectivity index (χ0v) is 11.5. The number of carbonyl (C=O) groups excluding carboxylic acids is 1. The molecule has 0 aromatic heterocycles. The van der Waals surface area contributed by atoms with E-state index in [1.54, 1.807) is 6.07 Å². The smallest absolute Gasteiger partial charge is 0.338 e. The van der Waals surface area contributed by atoms with E-state index in [9.17, 15) is 4.79 Å². The Morgan fingerprint density at radius 2 is 2.11 bits per heavy atom. The van der Waals surface area contributed by atoms with Crippen molar-refractivity contribution in [1.29, 1.82) is 0 Å². The highest BCUT2D eigenvalue weighted by molar-refractivity contribution is 5.90. The third-order valence-corrected chi connectivity index (χ3v) is 3.50. The summed E-state index contributed by atoms with van der Waals surface area (Å²) in [6.07, 6.45) is 2.50. The van der Waals surface area contributed by atoms with Crippen molar-refractivity contribution in [1.82, 2.24) is 5.32 Å². The van der Waals surface area contributed by atoms with Crippen LogP contribution in [0.1, 0.15) is 35.7 Å². The molecular formula is C15H21NO3. The van der Waals surface area contributed by atoms with Crippen LogP contribution in [0, 0.1) is 0 Å². The van der Waals surface area contributed by atoms with Crippen molar-refractivity contribution < 1.29 is 14.3 Å². The Kier molecular flexibility index (Phi) is 4.93. The molecule has 0 atom stereocenters. The molecule has 2 rings (SSSR count). The highest BCUT2D eigenvalue weighted by atomic mass is 16.5. The number of methoxy groups -OCH3 is 1. The minimum Gasteiger partial charge on any atom is -0.465 e. The second-order valence-corrected chi connectivity index (χ2v) is 4.78. The molecular weight excluding hydrogens is 242 g/mol. The fourth-order valence-corrected chi connectivity index (χ4v) is 2.34. The summed E-state index contributed by atoms with van der Waals surface area (Å²) in [5.41, 5.74) is 1.62. The second kappa shape index (κ2) is 6.68. The SMILES string of the molecule is CCOC1CC(NCc2ccccc2C(=O)OC)C1. The highest BCUT2D eigenvalue weighted by Crippen LogP contribution is 2.23. The molecule has 0 aliphatic heterocycles. The van der Waals surface area contributed by atoms with Crippen LogP contribution in [0.5, 0.6) is 0 Å². The number of ether oxygens (including phenoxy) is 2. The van der Waals surface area contributed by atoms with Gasteiger partial charge in [0.15, 0.2) is 0 Å². The molecule has 0 radical (unpaired) electrons. The normalized spacial score (nSPS) is 21.8. The Labute approximate surface area is 114 Å². The van der Waals surface area contributed by atoms with E-state index in [2.05, 4.69) is 5.32 Å². The highest BCUT2D eigenvalue weighted by Gasteiger charge is 2.29. The molecule has 0 unspecified atom stereocenters. The lowest BCUT2D eigenvalue weighted by molar-refractivity contribution is -0.0102. The van der Waals surface area contributed by atoms with Crippen LogP contribution in [-0.2, 0) is 16.0 Å². The van der Waals surface area contributed by atoms with Gasteiger partial charge in [0, 0.05) is 19.2 Å². The lowest BCUT2D eigenvalue weighted by atomic mass is 9.89. The Hall–Kier alpha value is -1.39. The summed E-state index contributed by atoms with van der Waals surface area (Å²) >= 11 is 0. The van der Waals surface area contributed by atoms with E-state index in [0.717, 1.165) is 25.0 Å². The summed E-state index contributed by atoms with van der Waals surface area (Å²) in [6.45, 7) is 3.49. The molecule has 1 aromatic rings. The zero-order valence-electron chi connectivity index (χ0n) is 11.5. The van der Waals surface area contributed by atoms with Crippen LogP contribution < -0.4 is 5.32 Å². The number of benzene rings is 1. The number of rotatable bonds is 6. The summed E-state index contributed by atoms with van der Waals surface area (Å²) in [4.78, 5) is 11.6. The van der Waals surface area contributed by atoms with Gasteiger partial charge in [-0.15, -0.1) is 0 Å². The third kappa shape index (κ3) is 3.55. The van der Waals surface area contributed by atoms with E-state index in [1.165, 1.54) is 7.11 Å². The fraction of sp³-hybridized carbons (Fsp3) is 0.533. The Morgan fingerprint density at radius 1 is 1.37 bits per heavy atom. The first-order valence-corrected chi connectivity index (χ1v) is 6.75. The summed E-state index contributed by atoms with van der Waals surface area (Å²) in [6, 6.07) is 8.03. The summed E-state index contributed by atoms with van der Waals surface area (Å²) in [7, 11) is 1.41. The molecule has 1 fully saturated rings. The molecule has 1 aromatic carbocycles. The van der Waals surface area contributed by atoms with Crippen LogP contribution in [0.15, 0.2) is 24.3 Å². The first-order chi connectivity index (χ1) is 9.24. The Bertz CT molecular complexity index is 427. The Morgan fingerprint density at radius 3 is 2.79 bits per heavy atom. The van der Waals surface area contributed by atoms with Gasteiger partial charge in [-0.25, -0.2) is 4.79 Å². The molecule has 0 saturated heterocycles. The predicted octanol–water partition coefficient (Wildman–Crippen LogP) is 2.13. The molecule has 0 amide bonds. The topological polar surface area (TPSA) is 47.6 Å². The van der Waals surface area contributed by atoms with Crippen molar-refractivity contribution in [2.45, 2.75) is 38.5 Å². The van der Waals surface area contributed by atoms with Gasteiger partial charge >= 0.3 is 5.97 Å². The van der Waals surface area contributed by atoms with Gasteiger partial charge < -0.3 is 14.8 Å². The largest absolute Gasteiger partial charge is 0.465 e. The molecule has 0 bridgehead atoms. The van der Waals surface area contributed by atoms with Gasteiger partial charge in [-0.3, -0.25) is 0 Å². The zero-order chi connectivity index (χ0) is 13.7. The quantitative estimate of drug-likeness (QED) is 0.799. The van der Waals surface area contributed by atoms with Gasteiger partial charge in [-0.1, -0.05) is 18.2 Å². The first kappa shape index (κ1) is 14.0. The van der Waals surface area contributed by atoms with Crippen LogP contribution in [0.25, 0.3) is 0 Å². The first-order valence-electron chi connectivity index (χ1n) is 6.75. The lowest BCUT2D eigenvalue weighted by Gasteiger charge is -2.35. The molecule has 4 heteroatoms. The third-order valence-electron chi connectivity index (χ3n) is 3.50. The van der Waals surface area contributed by atoms with Gasteiger partial charge in [0.2, 0.25) is 0 Å². The molecule has 0 spiro atoms. The molecule has 1 saturated carbocycles. The van der Waals surface area contributed by atoms with Crippen LogP contribution >= 0.6 is 0 Å². The van der Waals surface area contributed by atoms with Crippen molar-refractivity contribution in [3.05, 3.63) is 35.4 Å². The van der Waals surface area contributed by atoms with E-state index < -0.39 is 0 Å². The monoisotopic (exact) mass is 263 g/mol. The van der Waals surface area contributed by atoms with E-state index >= 15 is 0 Å². The minimum atomic E-state index is -0.279. The molecule has 1 aliphatic carbocycles. The van der Waals surface area contributed by atoms with E-state index in [0.29, 0.717) is 24.3 Å². The number of hydrogen-bond acceptors (Lipinski definition) is 4. The number of carbonyl (C=O) groups is 1. The van der Waals surface area contributed by atoms with Crippen LogP contribution in [0.3, 0.4) is 0 Å². The standard InChI is InChI=1S/C15H21NO3/c1-3-19-13-8-12(9-13)16-10-11-6-4-5-7-14(11)15(17)18-2/h4-7,12-13,16H,3,8-10H2,1-2H3.